The van der Waals surface area contributed by atoms with Crippen molar-refractivity contribution in [3.8, 4) is 0 Å². The molecule has 15 heavy (non-hydrogen) atoms. The monoisotopic (exact) mass is 208 g/mol. The van der Waals surface area contributed by atoms with Crippen molar-refractivity contribution in [2.75, 3.05) is 0 Å². The molecule has 74 valence electrons. The second-order valence-electron chi connectivity index (χ2n) is 3.74. The molecule has 0 aliphatic heterocycles. The van der Waals surface area contributed by atoms with Crippen molar-refractivity contribution in [3.05, 3.63) is 55.5 Å². The molecule has 2 aromatic rings. The van der Waals surface area contributed by atoms with Crippen LogP contribution in [0, 0.1) is 12.8 Å². The molecule has 0 spiro atoms. The maximum atomic E-state index is 3.64. The molecule has 0 amide bonds. The van der Waals surface area contributed by atoms with E-state index in [0.717, 1.165) is 0 Å². The van der Waals surface area contributed by atoms with Gasteiger partial charge in [-0.2, -0.15) is 5.92 Å². The zero-order chi connectivity index (χ0) is 10.4. The summed E-state index contributed by atoms with van der Waals surface area (Å²) in [7, 11) is 0. The molecular weight excluding hydrogens is 191 g/mol. The molecule has 0 atom stereocenters. The second kappa shape index (κ2) is 7.92. The molecule has 2 aromatic carbocycles. The van der Waals surface area contributed by atoms with Crippen molar-refractivity contribution in [3.63, 3.8) is 0 Å². The van der Waals surface area contributed by atoms with E-state index in [9.17, 15) is 0 Å². The zero-order valence-electron chi connectivity index (χ0n) is 9.90. The Kier molecular flexibility index (Phi) is 7.76. The summed E-state index contributed by atoms with van der Waals surface area (Å²) >= 11 is 0. The molecule has 0 nitrogen and oxygen atoms in total. The molecular formula is C14H17Na. The van der Waals surface area contributed by atoms with Crippen LogP contribution in [0.5, 0.6) is 0 Å². The first-order valence-electron chi connectivity index (χ1n) is 4.97. The van der Waals surface area contributed by atoms with Crippen molar-refractivity contribution in [1.82, 2.24) is 0 Å². The van der Waals surface area contributed by atoms with Crippen LogP contribution in [0.15, 0.2) is 48.5 Å². The smallest absolute Gasteiger partial charge is 0.341 e. The van der Waals surface area contributed by atoms with Crippen molar-refractivity contribution in [2.45, 2.75) is 13.8 Å². The Morgan fingerprint density at radius 3 is 1.20 bits per heavy atom. The topological polar surface area (TPSA) is 0 Å². The van der Waals surface area contributed by atoms with Crippen LogP contribution in [-0.2, 0) is 0 Å². The first-order chi connectivity index (χ1) is 6.70. The molecule has 0 unspecified atom stereocenters. The maximum absolute atomic E-state index is 3.64. The van der Waals surface area contributed by atoms with E-state index in [2.05, 4.69) is 69.3 Å². The Morgan fingerprint density at radius 1 is 0.800 bits per heavy atom. The third-order valence-corrected chi connectivity index (χ3v) is 1.66. The van der Waals surface area contributed by atoms with Gasteiger partial charge in [-0.1, -0.05) is 62.4 Å². The SMILES string of the molecule is [CH2-]C(C)C.[Na+].c1ccc2ccccc2c1. The fourth-order valence-corrected chi connectivity index (χ4v) is 1.13. The minimum Gasteiger partial charge on any atom is -0.341 e. The Bertz CT molecular complexity index is 312. The Balaban J connectivity index is 0.000000346. The van der Waals surface area contributed by atoms with Crippen LogP contribution in [0.25, 0.3) is 10.8 Å². The van der Waals surface area contributed by atoms with Crippen LogP contribution in [0.1, 0.15) is 13.8 Å². The normalized spacial score (nSPS) is 9.07. The van der Waals surface area contributed by atoms with Crippen LogP contribution in [-0.4, -0.2) is 0 Å². The molecule has 0 heterocycles. The van der Waals surface area contributed by atoms with Gasteiger partial charge in [0.05, 0.1) is 0 Å². The number of hydrogen-bond donors (Lipinski definition) is 0. The number of benzene rings is 2. The van der Waals surface area contributed by atoms with Gasteiger partial charge < -0.3 is 6.92 Å². The molecule has 1 heteroatoms. The van der Waals surface area contributed by atoms with Gasteiger partial charge in [0.15, 0.2) is 0 Å². The predicted octanol–water partition coefficient (Wildman–Crippen LogP) is 1.32. The van der Waals surface area contributed by atoms with Crippen LogP contribution in [0.4, 0.5) is 0 Å². The molecule has 0 bridgehead atoms. The van der Waals surface area contributed by atoms with Crippen LogP contribution >= 0.6 is 0 Å². The van der Waals surface area contributed by atoms with Gasteiger partial charge in [0.2, 0.25) is 0 Å². The van der Waals surface area contributed by atoms with Crippen molar-refractivity contribution in [1.29, 1.82) is 0 Å². The van der Waals surface area contributed by atoms with Crippen LogP contribution in [0.3, 0.4) is 0 Å². The van der Waals surface area contributed by atoms with Gasteiger partial charge in [-0.25, -0.2) is 0 Å². The molecule has 2 rings (SSSR count). The summed E-state index contributed by atoms with van der Waals surface area (Å²) in [5.74, 6) is 0.583. The molecule has 0 saturated heterocycles. The van der Waals surface area contributed by atoms with Gasteiger partial charge in [-0.05, 0) is 10.8 Å². The molecule has 0 aliphatic carbocycles. The summed E-state index contributed by atoms with van der Waals surface area (Å²) < 4.78 is 0. The van der Waals surface area contributed by atoms with E-state index in [0.29, 0.717) is 5.92 Å². The molecule has 0 aromatic heterocycles. The summed E-state index contributed by atoms with van der Waals surface area (Å²) in [6, 6.07) is 16.7. The van der Waals surface area contributed by atoms with Crippen molar-refractivity contribution < 1.29 is 29.6 Å². The van der Waals surface area contributed by atoms with Crippen LogP contribution < -0.4 is 29.6 Å². The molecule has 0 saturated carbocycles. The van der Waals surface area contributed by atoms with E-state index in [1.54, 1.807) is 0 Å². The van der Waals surface area contributed by atoms with E-state index in [-0.39, 0.29) is 29.6 Å². The largest absolute Gasteiger partial charge is 1.00 e. The van der Waals surface area contributed by atoms with E-state index in [4.69, 9.17) is 0 Å². The molecule has 0 aliphatic rings. The van der Waals surface area contributed by atoms with Crippen LogP contribution in [0.2, 0.25) is 0 Å². The number of hydrogen-bond acceptors (Lipinski definition) is 0. The fraction of sp³-hybridized carbons (Fsp3) is 0.214. The third-order valence-electron chi connectivity index (χ3n) is 1.66. The van der Waals surface area contributed by atoms with Crippen molar-refractivity contribution in [2.24, 2.45) is 5.92 Å². The van der Waals surface area contributed by atoms with Gasteiger partial charge in [-0.15, -0.1) is 0 Å². The maximum Gasteiger partial charge on any atom is 1.00 e. The van der Waals surface area contributed by atoms with Gasteiger partial charge >= 0.3 is 29.6 Å². The van der Waals surface area contributed by atoms with Gasteiger partial charge in [0.25, 0.3) is 0 Å². The summed E-state index contributed by atoms with van der Waals surface area (Å²) in [5.41, 5.74) is 0. The molecule has 0 N–H and O–H groups in total. The summed E-state index contributed by atoms with van der Waals surface area (Å²) in [4.78, 5) is 0. The quantitative estimate of drug-likeness (QED) is 0.452. The van der Waals surface area contributed by atoms with E-state index in [1.165, 1.54) is 10.8 Å². The van der Waals surface area contributed by atoms with Gasteiger partial charge in [0.1, 0.15) is 0 Å². The zero-order valence-corrected chi connectivity index (χ0v) is 11.9. The first kappa shape index (κ1) is 14.7. The van der Waals surface area contributed by atoms with E-state index < -0.39 is 0 Å². The van der Waals surface area contributed by atoms with Crippen molar-refractivity contribution >= 4 is 10.8 Å². The summed E-state index contributed by atoms with van der Waals surface area (Å²) in [6.07, 6.45) is 0. The average molecular weight is 208 g/mol. The third kappa shape index (κ3) is 5.99. The molecule has 0 fully saturated rings. The minimum atomic E-state index is 0. The van der Waals surface area contributed by atoms with E-state index in [1.807, 2.05) is 0 Å². The Labute approximate surface area is 115 Å². The van der Waals surface area contributed by atoms with Gasteiger partial charge in [-0.3, -0.25) is 0 Å². The predicted molar refractivity (Wildman–Crippen MR) is 64.1 cm³/mol. The second-order valence-corrected chi connectivity index (χ2v) is 3.74. The average Bonchev–Trinajstić information content (AvgIpc) is 2.17. The number of fused-ring (bicyclic) bond motifs is 1. The number of rotatable bonds is 0. The van der Waals surface area contributed by atoms with E-state index >= 15 is 0 Å². The minimum absolute atomic E-state index is 0. The standard InChI is InChI=1S/C10H8.C4H9.Na/c1-2-6-10-8-4-3-7-9(10)5-1;1-4(2)3;/h1-8H;4H,1H2,2-3H3;/q;-1;+1. The Morgan fingerprint density at radius 2 is 1.00 bits per heavy atom. The Hall–Kier alpha value is -0.300. The summed E-state index contributed by atoms with van der Waals surface area (Å²) in [6.45, 7) is 7.75. The molecule has 0 radical (unpaired) electrons. The fourth-order valence-electron chi connectivity index (χ4n) is 1.13. The first-order valence-corrected chi connectivity index (χ1v) is 4.97. The van der Waals surface area contributed by atoms with Gasteiger partial charge in [0, 0.05) is 0 Å². The summed E-state index contributed by atoms with van der Waals surface area (Å²) in [5, 5.41) is 2.62.